The topological polar surface area (TPSA) is 135 Å². The molecule has 1 saturated carbocycles. The van der Waals surface area contributed by atoms with Gasteiger partial charge in [0, 0.05) is 24.0 Å². The van der Waals surface area contributed by atoms with E-state index in [0.29, 0.717) is 34.8 Å². The van der Waals surface area contributed by atoms with Crippen LogP contribution in [0.25, 0.3) is 17.0 Å². The highest BCUT2D eigenvalue weighted by Crippen LogP contribution is 2.43. The lowest BCUT2D eigenvalue weighted by Crippen LogP contribution is -2.25. The van der Waals surface area contributed by atoms with E-state index in [9.17, 15) is 14.0 Å². The molecule has 5 rings (SSSR count). The maximum absolute atomic E-state index is 13.3. The summed E-state index contributed by atoms with van der Waals surface area (Å²) >= 11 is 0. The van der Waals surface area contributed by atoms with Crippen molar-refractivity contribution in [3.8, 4) is 11.4 Å². The number of imidazole rings is 1. The van der Waals surface area contributed by atoms with Crippen LogP contribution in [0.15, 0.2) is 47.2 Å². The van der Waals surface area contributed by atoms with Gasteiger partial charge in [0.15, 0.2) is 0 Å². The highest BCUT2D eigenvalue weighted by molar-refractivity contribution is 6.04. The molecular weight excluding hydrogens is 443 g/mol. The Morgan fingerprint density at radius 2 is 2.12 bits per heavy atom. The fourth-order valence-electron chi connectivity index (χ4n) is 3.56. The quantitative estimate of drug-likeness (QED) is 0.382. The number of pyridine rings is 1. The zero-order chi connectivity index (χ0) is 23.8. The number of amides is 2. The van der Waals surface area contributed by atoms with E-state index in [2.05, 4.69) is 25.8 Å². The molecule has 1 fully saturated rings. The van der Waals surface area contributed by atoms with Crippen LogP contribution in [0.5, 0.6) is 0 Å². The van der Waals surface area contributed by atoms with Crippen LogP contribution >= 0.6 is 0 Å². The zero-order valence-electron chi connectivity index (χ0n) is 18.2. The smallest absolute Gasteiger partial charge is 0.274 e. The van der Waals surface area contributed by atoms with Crippen LogP contribution in [-0.2, 0) is 11.3 Å². The average molecular weight is 464 g/mol. The molecule has 0 saturated heterocycles. The van der Waals surface area contributed by atoms with Crippen LogP contribution in [0.4, 0.5) is 10.1 Å². The monoisotopic (exact) mass is 464 g/mol. The molecule has 0 bridgehead atoms. The Hall–Kier alpha value is -4.12. The van der Waals surface area contributed by atoms with Crippen LogP contribution < -0.4 is 10.6 Å². The number of nitrogens with one attached hydrogen (secondary N) is 2. The Balaban J connectivity index is 1.34. The molecule has 0 unspecified atom stereocenters. The van der Waals surface area contributed by atoms with Gasteiger partial charge in [-0.05, 0) is 42.7 Å². The number of rotatable bonds is 7. The average Bonchev–Trinajstić information content (AvgIpc) is 3.23. The van der Waals surface area contributed by atoms with E-state index < -0.39 is 18.7 Å². The van der Waals surface area contributed by atoms with E-state index in [1.54, 1.807) is 28.8 Å². The van der Waals surface area contributed by atoms with Crippen LogP contribution in [-0.4, -0.2) is 49.2 Å². The third kappa shape index (κ3) is 4.25. The number of nitrogens with zero attached hydrogens (tertiary/aromatic N) is 4. The highest BCUT2D eigenvalue weighted by Gasteiger charge is 2.43. The molecule has 11 heteroatoms. The van der Waals surface area contributed by atoms with Gasteiger partial charge in [0.05, 0.1) is 12.1 Å². The number of carbonyl (C=O) groups is 2. The van der Waals surface area contributed by atoms with Crippen LogP contribution in [0.1, 0.15) is 39.8 Å². The van der Waals surface area contributed by atoms with Crippen molar-refractivity contribution in [2.75, 3.05) is 11.9 Å². The van der Waals surface area contributed by atoms with Gasteiger partial charge in [-0.15, -0.1) is 0 Å². The largest absolute Gasteiger partial charge is 0.387 e. The van der Waals surface area contributed by atoms with E-state index in [1.165, 1.54) is 6.20 Å². The lowest BCUT2D eigenvalue weighted by molar-refractivity contribution is -0.123. The summed E-state index contributed by atoms with van der Waals surface area (Å²) in [6.45, 7) is 1.52. The number of hydrogen-bond donors (Lipinski definition) is 3. The van der Waals surface area contributed by atoms with Crippen LogP contribution in [0.3, 0.4) is 0 Å². The molecule has 2 amide bonds. The molecule has 1 aliphatic rings. The number of halogens is 1. The number of aromatic nitrogens is 4. The number of benzene rings is 1. The standard InChI is InChI=1S/C23H21FN6O4/c1-12-2-3-14(21-28-23(34-29-21)15-8-16(15)24)7-17(12)27-22(33)18-10-25-19-6-13(4-5-30(18)19)9-26-20(32)11-31/h2-7,10,15-16,31H,8-9,11H2,1H3,(H,26,32)(H,27,33)/t15-,16-/m0/s1. The molecule has 4 aromatic rings. The van der Waals surface area contributed by atoms with E-state index >= 15 is 0 Å². The number of alkyl halides is 1. The van der Waals surface area contributed by atoms with Crippen molar-refractivity contribution in [3.05, 3.63) is 65.4 Å². The van der Waals surface area contributed by atoms with Gasteiger partial charge in [0.25, 0.3) is 5.91 Å². The second-order valence-corrected chi connectivity index (χ2v) is 8.14. The molecule has 3 N–H and O–H groups in total. The highest BCUT2D eigenvalue weighted by atomic mass is 19.1. The summed E-state index contributed by atoms with van der Waals surface area (Å²) in [5, 5.41) is 18.2. The van der Waals surface area contributed by atoms with Crippen molar-refractivity contribution >= 4 is 23.1 Å². The summed E-state index contributed by atoms with van der Waals surface area (Å²) in [6.07, 6.45) is 2.63. The number of fused-ring (bicyclic) bond motifs is 1. The third-order valence-electron chi connectivity index (χ3n) is 5.66. The van der Waals surface area contributed by atoms with Crippen molar-refractivity contribution in [1.82, 2.24) is 24.8 Å². The molecule has 2 atom stereocenters. The van der Waals surface area contributed by atoms with Crippen molar-refractivity contribution in [2.24, 2.45) is 0 Å². The van der Waals surface area contributed by atoms with E-state index in [1.807, 2.05) is 19.1 Å². The number of aliphatic hydroxyl groups is 1. The molecule has 34 heavy (non-hydrogen) atoms. The number of anilines is 1. The fourth-order valence-corrected chi connectivity index (χ4v) is 3.56. The van der Waals surface area contributed by atoms with Crippen LogP contribution in [0.2, 0.25) is 0 Å². The van der Waals surface area contributed by atoms with Gasteiger partial charge in [-0.3, -0.25) is 14.0 Å². The molecule has 1 aromatic carbocycles. The first-order chi connectivity index (χ1) is 16.4. The predicted octanol–water partition coefficient (Wildman–Crippen LogP) is 2.38. The summed E-state index contributed by atoms with van der Waals surface area (Å²) in [5.74, 6) is -0.541. The molecule has 0 aliphatic heterocycles. The summed E-state index contributed by atoms with van der Waals surface area (Å²) in [4.78, 5) is 32.8. The lowest BCUT2D eigenvalue weighted by atomic mass is 10.1. The van der Waals surface area contributed by atoms with Gasteiger partial charge < -0.3 is 20.3 Å². The Labute approximate surface area is 192 Å². The summed E-state index contributed by atoms with van der Waals surface area (Å²) in [7, 11) is 0. The van der Waals surface area contributed by atoms with E-state index in [-0.39, 0.29) is 24.3 Å². The number of carbonyl (C=O) groups excluding carboxylic acids is 2. The Morgan fingerprint density at radius 1 is 1.29 bits per heavy atom. The Kier molecular flexibility index (Phi) is 5.54. The lowest BCUT2D eigenvalue weighted by Gasteiger charge is -2.10. The predicted molar refractivity (Wildman–Crippen MR) is 119 cm³/mol. The van der Waals surface area contributed by atoms with Gasteiger partial charge in [0.1, 0.15) is 24.1 Å². The molecule has 1 aliphatic carbocycles. The van der Waals surface area contributed by atoms with Crippen molar-refractivity contribution in [2.45, 2.75) is 32.0 Å². The molecule has 174 valence electrons. The minimum atomic E-state index is -0.929. The second kappa shape index (κ2) is 8.67. The first kappa shape index (κ1) is 21.7. The van der Waals surface area contributed by atoms with E-state index in [0.717, 1.165) is 11.1 Å². The summed E-state index contributed by atoms with van der Waals surface area (Å²) in [6, 6.07) is 8.88. The summed E-state index contributed by atoms with van der Waals surface area (Å²) in [5.41, 5.74) is 3.69. The van der Waals surface area contributed by atoms with E-state index in [4.69, 9.17) is 9.63 Å². The normalized spacial score (nSPS) is 17.0. The zero-order valence-corrected chi connectivity index (χ0v) is 18.2. The Morgan fingerprint density at radius 3 is 2.88 bits per heavy atom. The van der Waals surface area contributed by atoms with Gasteiger partial charge in [-0.25, -0.2) is 9.37 Å². The SMILES string of the molecule is Cc1ccc(-c2noc([C@H]3C[C@@H]3F)n2)cc1NC(=O)c1cnc2cc(CNC(=O)CO)ccn12. The third-order valence-corrected chi connectivity index (χ3v) is 5.66. The van der Waals surface area contributed by atoms with Crippen molar-refractivity contribution < 1.29 is 23.6 Å². The Bertz CT molecular complexity index is 1400. The molecular formula is C23H21FN6O4. The second-order valence-electron chi connectivity index (χ2n) is 8.14. The van der Waals surface area contributed by atoms with Gasteiger partial charge >= 0.3 is 0 Å². The molecule has 0 radical (unpaired) electrons. The molecule has 3 aromatic heterocycles. The summed E-state index contributed by atoms with van der Waals surface area (Å²) < 4.78 is 20.1. The van der Waals surface area contributed by atoms with Crippen molar-refractivity contribution in [3.63, 3.8) is 0 Å². The molecule has 10 nitrogen and oxygen atoms in total. The minimum absolute atomic E-state index is 0.237. The van der Waals surface area contributed by atoms with Gasteiger partial charge in [-0.2, -0.15) is 4.98 Å². The minimum Gasteiger partial charge on any atom is -0.387 e. The first-order valence-corrected chi connectivity index (χ1v) is 10.7. The van der Waals surface area contributed by atoms with Gasteiger partial charge in [0.2, 0.25) is 17.6 Å². The molecule has 0 spiro atoms. The molecule has 3 heterocycles. The fraction of sp³-hybridized carbons (Fsp3) is 0.261. The first-order valence-electron chi connectivity index (χ1n) is 10.7. The maximum atomic E-state index is 13.3. The maximum Gasteiger partial charge on any atom is 0.274 e. The number of aryl methyl sites for hydroxylation is 1. The van der Waals surface area contributed by atoms with Gasteiger partial charge in [-0.1, -0.05) is 17.3 Å². The number of aliphatic hydroxyl groups excluding tert-OH is 1. The van der Waals surface area contributed by atoms with Crippen LogP contribution in [0, 0.1) is 6.92 Å². The van der Waals surface area contributed by atoms with Crippen molar-refractivity contribution in [1.29, 1.82) is 0 Å². The number of hydrogen-bond acceptors (Lipinski definition) is 7.